The van der Waals surface area contributed by atoms with Crippen molar-refractivity contribution < 1.29 is 0 Å². The predicted octanol–water partition coefficient (Wildman–Crippen LogP) is 5.56. The van der Waals surface area contributed by atoms with Crippen molar-refractivity contribution in [1.82, 2.24) is 0 Å². The van der Waals surface area contributed by atoms with E-state index in [1.807, 2.05) is 0 Å². The lowest BCUT2D eigenvalue weighted by Crippen LogP contribution is -1.80. The molecular weight excluding hydrogens is 156 g/mol. The summed E-state index contributed by atoms with van der Waals surface area (Å²) in [6.07, 6.45) is 14.4. The van der Waals surface area contributed by atoms with Crippen LogP contribution < -0.4 is 0 Å². The van der Waals surface area contributed by atoms with Gasteiger partial charge in [0.15, 0.2) is 0 Å². The molecule has 0 radical (unpaired) electrons. The molecule has 82 valence electrons. The van der Waals surface area contributed by atoms with E-state index in [2.05, 4.69) is 13.8 Å². The molecule has 0 heteroatoms. The minimum atomic E-state index is 0. The fraction of sp³-hybridized carbons (Fsp3) is 1.00. The molecule has 0 nitrogen and oxygen atoms in total. The lowest BCUT2D eigenvalue weighted by atomic mass is 10.1. The van der Waals surface area contributed by atoms with Crippen molar-refractivity contribution in [2.24, 2.45) is 0 Å². The van der Waals surface area contributed by atoms with Crippen LogP contribution in [0, 0.1) is 0 Å². The van der Waals surface area contributed by atoms with E-state index in [0.29, 0.717) is 0 Å². The van der Waals surface area contributed by atoms with Gasteiger partial charge in [-0.25, -0.2) is 0 Å². The molecule has 0 amide bonds. The van der Waals surface area contributed by atoms with Crippen LogP contribution in [0.2, 0.25) is 0 Å². The van der Waals surface area contributed by atoms with Crippen molar-refractivity contribution in [2.45, 2.75) is 85.5 Å². The maximum atomic E-state index is 2.28. The molecule has 0 N–H and O–H groups in total. The van der Waals surface area contributed by atoms with Crippen LogP contribution in [0.25, 0.3) is 0 Å². The van der Waals surface area contributed by atoms with Crippen LogP contribution >= 0.6 is 0 Å². The SMILES string of the molecule is C.CCCCCCCCCCCC. The molecule has 0 aliphatic heterocycles. The van der Waals surface area contributed by atoms with E-state index in [0.717, 1.165) is 0 Å². The van der Waals surface area contributed by atoms with Gasteiger partial charge in [0.1, 0.15) is 0 Å². The van der Waals surface area contributed by atoms with Gasteiger partial charge in [0.05, 0.1) is 0 Å². The Bertz CT molecular complexity index is 56.4. The van der Waals surface area contributed by atoms with E-state index in [1.165, 1.54) is 64.2 Å². The molecule has 13 heavy (non-hydrogen) atoms. The molecule has 0 aliphatic rings. The lowest BCUT2D eigenvalue weighted by molar-refractivity contribution is 0.562. The van der Waals surface area contributed by atoms with Gasteiger partial charge < -0.3 is 0 Å². The maximum absolute atomic E-state index is 2.28. The van der Waals surface area contributed by atoms with E-state index < -0.39 is 0 Å². The third-order valence-electron chi connectivity index (χ3n) is 2.46. The van der Waals surface area contributed by atoms with Crippen LogP contribution in [0.5, 0.6) is 0 Å². The van der Waals surface area contributed by atoms with Crippen LogP contribution in [-0.2, 0) is 0 Å². The van der Waals surface area contributed by atoms with Crippen molar-refractivity contribution in [3.63, 3.8) is 0 Å². The van der Waals surface area contributed by atoms with Gasteiger partial charge in [0.25, 0.3) is 0 Å². The zero-order valence-electron chi connectivity index (χ0n) is 9.07. The van der Waals surface area contributed by atoms with Gasteiger partial charge in [0, 0.05) is 0 Å². The summed E-state index contributed by atoms with van der Waals surface area (Å²) in [5.74, 6) is 0. The highest BCUT2D eigenvalue weighted by atomic mass is 14.0. The first-order valence-electron chi connectivity index (χ1n) is 5.91. The average Bonchev–Trinajstić information content (AvgIpc) is 2.10. The van der Waals surface area contributed by atoms with E-state index >= 15 is 0 Å². The number of hydrogen-bond acceptors (Lipinski definition) is 0. The van der Waals surface area contributed by atoms with E-state index in [1.54, 1.807) is 0 Å². The van der Waals surface area contributed by atoms with Gasteiger partial charge in [-0.1, -0.05) is 85.5 Å². The Kier molecular flexibility index (Phi) is 17.3. The first kappa shape index (κ1) is 15.5. The summed E-state index contributed by atoms with van der Waals surface area (Å²) in [6, 6.07) is 0. The Morgan fingerprint density at radius 2 is 0.692 bits per heavy atom. The Labute approximate surface area is 86.1 Å². The zero-order valence-corrected chi connectivity index (χ0v) is 9.07. The molecule has 0 aliphatic carbocycles. The molecule has 0 saturated heterocycles. The Morgan fingerprint density at radius 1 is 0.462 bits per heavy atom. The zero-order chi connectivity index (χ0) is 9.07. The standard InChI is InChI=1S/C12H26.CH4/c1-3-5-7-9-11-12-10-8-6-4-2;/h3-12H2,1-2H3;1H4. The highest BCUT2D eigenvalue weighted by Crippen LogP contribution is 2.09. The van der Waals surface area contributed by atoms with Crippen molar-refractivity contribution >= 4 is 0 Å². The van der Waals surface area contributed by atoms with Gasteiger partial charge in [-0.15, -0.1) is 0 Å². The molecule has 0 aromatic carbocycles. The predicted molar refractivity (Wildman–Crippen MR) is 64.2 cm³/mol. The first-order chi connectivity index (χ1) is 5.91. The van der Waals surface area contributed by atoms with E-state index in [-0.39, 0.29) is 7.43 Å². The smallest absolute Gasteiger partial charge is 0.0533 e. The molecular formula is C13H30. The fourth-order valence-electron chi connectivity index (χ4n) is 1.56. The summed E-state index contributed by atoms with van der Waals surface area (Å²) < 4.78 is 0. The largest absolute Gasteiger partial charge is 0.0776 e. The summed E-state index contributed by atoms with van der Waals surface area (Å²) in [7, 11) is 0. The second-order valence-corrected chi connectivity index (χ2v) is 3.83. The van der Waals surface area contributed by atoms with Crippen molar-refractivity contribution in [3.8, 4) is 0 Å². The van der Waals surface area contributed by atoms with E-state index in [4.69, 9.17) is 0 Å². The Morgan fingerprint density at radius 3 is 0.923 bits per heavy atom. The minimum Gasteiger partial charge on any atom is -0.0776 e. The van der Waals surface area contributed by atoms with Gasteiger partial charge >= 0.3 is 0 Å². The Hall–Kier alpha value is 0. The molecule has 0 heterocycles. The molecule has 0 spiro atoms. The highest BCUT2D eigenvalue weighted by molar-refractivity contribution is 4.45. The Balaban J connectivity index is 0. The van der Waals surface area contributed by atoms with Crippen molar-refractivity contribution in [3.05, 3.63) is 0 Å². The molecule has 0 bridgehead atoms. The highest BCUT2D eigenvalue weighted by Gasteiger charge is 1.90. The second-order valence-electron chi connectivity index (χ2n) is 3.83. The number of hydrogen-bond donors (Lipinski definition) is 0. The van der Waals surface area contributed by atoms with Gasteiger partial charge in [-0.05, 0) is 0 Å². The molecule has 0 aromatic rings. The second kappa shape index (κ2) is 14.5. The van der Waals surface area contributed by atoms with Crippen LogP contribution in [0.3, 0.4) is 0 Å². The van der Waals surface area contributed by atoms with Gasteiger partial charge in [-0.3, -0.25) is 0 Å². The molecule has 0 fully saturated rings. The molecule has 0 atom stereocenters. The van der Waals surface area contributed by atoms with Crippen LogP contribution in [-0.4, -0.2) is 0 Å². The lowest BCUT2D eigenvalue weighted by Gasteiger charge is -1.99. The van der Waals surface area contributed by atoms with Crippen LogP contribution in [0.4, 0.5) is 0 Å². The summed E-state index contributed by atoms with van der Waals surface area (Å²) >= 11 is 0. The normalized spacial score (nSPS) is 9.69. The minimum absolute atomic E-state index is 0. The molecule has 0 saturated carbocycles. The third-order valence-corrected chi connectivity index (χ3v) is 2.46. The van der Waals surface area contributed by atoms with E-state index in [9.17, 15) is 0 Å². The molecule has 0 aromatic heterocycles. The summed E-state index contributed by atoms with van der Waals surface area (Å²) in [6.45, 7) is 4.56. The maximum Gasteiger partial charge on any atom is -0.0533 e. The summed E-state index contributed by atoms with van der Waals surface area (Å²) in [5.41, 5.74) is 0. The first-order valence-corrected chi connectivity index (χ1v) is 5.91. The topological polar surface area (TPSA) is 0 Å². The van der Waals surface area contributed by atoms with Crippen LogP contribution in [0.1, 0.15) is 85.5 Å². The van der Waals surface area contributed by atoms with Gasteiger partial charge in [0.2, 0.25) is 0 Å². The molecule has 0 rings (SSSR count). The van der Waals surface area contributed by atoms with Gasteiger partial charge in [-0.2, -0.15) is 0 Å². The summed E-state index contributed by atoms with van der Waals surface area (Å²) in [5, 5.41) is 0. The monoisotopic (exact) mass is 186 g/mol. The quantitative estimate of drug-likeness (QED) is 0.413. The average molecular weight is 186 g/mol. The summed E-state index contributed by atoms with van der Waals surface area (Å²) in [4.78, 5) is 0. The van der Waals surface area contributed by atoms with Crippen LogP contribution in [0.15, 0.2) is 0 Å². The van der Waals surface area contributed by atoms with Crippen molar-refractivity contribution in [2.75, 3.05) is 0 Å². The number of unbranched alkanes of at least 4 members (excludes halogenated alkanes) is 9. The van der Waals surface area contributed by atoms with Crippen molar-refractivity contribution in [1.29, 1.82) is 0 Å². The molecule has 0 unspecified atom stereocenters. The third kappa shape index (κ3) is 14.8. The number of rotatable bonds is 9. The fourth-order valence-corrected chi connectivity index (χ4v) is 1.56.